The highest BCUT2D eigenvalue weighted by molar-refractivity contribution is 6.00. The van der Waals surface area contributed by atoms with E-state index in [-0.39, 0.29) is 11.8 Å². The van der Waals surface area contributed by atoms with Crippen molar-refractivity contribution in [2.45, 2.75) is 46.6 Å². The summed E-state index contributed by atoms with van der Waals surface area (Å²) in [5.74, 6) is 1.18. The molecular formula is C17H24N2O3. The minimum absolute atomic E-state index is 0.0831. The van der Waals surface area contributed by atoms with Crippen LogP contribution in [0.15, 0.2) is 12.1 Å². The van der Waals surface area contributed by atoms with Crippen LogP contribution in [0.3, 0.4) is 0 Å². The van der Waals surface area contributed by atoms with Crippen LogP contribution in [-0.4, -0.2) is 35.4 Å². The van der Waals surface area contributed by atoms with Crippen molar-refractivity contribution < 1.29 is 14.3 Å². The van der Waals surface area contributed by atoms with Crippen LogP contribution < -0.4 is 9.47 Å². The largest absolute Gasteiger partial charge is 0.486 e. The van der Waals surface area contributed by atoms with Crippen LogP contribution >= 0.6 is 0 Å². The van der Waals surface area contributed by atoms with E-state index in [2.05, 4.69) is 0 Å². The number of nitrogens with one attached hydrogen (secondary N) is 1. The zero-order valence-corrected chi connectivity index (χ0v) is 13.9. The van der Waals surface area contributed by atoms with Gasteiger partial charge in [0, 0.05) is 19.2 Å². The second kappa shape index (κ2) is 5.99. The van der Waals surface area contributed by atoms with Gasteiger partial charge < -0.3 is 14.4 Å². The Hall–Kier alpha value is -2.04. The normalized spacial score (nSPS) is 15.8. The molecule has 0 atom stereocenters. The van der Waals surface area contributed by atoms with E-state index in [1.165, 1.54) is 0 Å². The Morgan fingerprint density at radius 2 is 2.00 bits per heavy atom. The number of ketones is 1. The Bertz CT molecular complexity index is 604. The molecule has 0 bridgehead atoms. The smallest absolute Gasteiger partial charge is 0.289 e. The van der Waals surface area contributed by atoms with Crippen LogP contribution in [0.1, 0.15) is 50.0 Å². The van der Waals surface area contributed by atoms with E-state index in [4.69, 9.17) is 14.9 Å². The summed E-state index contributed by atoms with van der Waals surface area (Å²) in [5.41, 5.74) is 0.911. The third kappa shape index (κ3) is 3.24. The molecule has 0 unspecified atom stereocenters. The Morgan fingerprint density at radius 1 is 1.36 bits per heavy atom. The summed E-state index contributed by atoms with van der Waals surface area (Å²) in [4.78, 5) is 14.0. The van der Waals surface area contributed by atoms with Crippen molar-refractivity contribution in [3.8, 4) is 11.5 Å². The third-order valence-corrected chi connectivity index (χ3v) is 3.81. The first-order valence-corrected chi connectivity index (χ1v) is 7.65. The molecule has 1 aromatic carbocycles. The van der Waals surface area contributed by atoms with Gasteiger partial charge in [0.1, 0.15) is 17.1 Å². The van der Waals surface area contributed by atoms with Crippen molar-refractivity contribution in [3.63, 3.8) is 0 Å². The van der Waals surface area contributed by atoms with E-state index in [1.54, 1.807) is 12.1 Å². The SMILES string of the molecule is CCN(CC)C(=N)Oc1cc2c(cc1C)C(=O)CC(C)(C)O2. The number of rotatable bonds is 3. The number of aryl methyl sites for hydroxylation is 1. The minimum Gasteiger partial charge on any atom is -0.486 e. The molecule has 1 aromatic rings. The van der Waals surface area contributed by atoms with Crippen molar-refractivity contribution in [2.24, 2.45) is 0 Å². The second-order valence-electron chi connectivity index (χ2n) is 6.16. The molecule has 120 valence electrons. The highest BCUT2D eigenvalue weighted by Gasteiger charge is 2.33. The summed E-state index contributed by atoms with van der Waals surface area (Å²) in [6.07, 6.45) is 0.370. The highest BCUT2D eigenvalue weighted by atomic mass is 16.5. The van der Waals surface area contributed by atoms with Crippen LogP contribution in [0.5, 0.6) is 11.5 Å². The lowest BCUT2D eigenvalue weighted by molar-refractivity contribution is 0.0619. The Kier molecular flexibility index (Phi) is 4.44. The van der Waals surface area contributed by atoms with Gasteiger partial charge in [0.05, 0.1) is 12.0 Å². The lowest BCUT2D eigenvalue weighted by Gasteiger charge is -2.32. The van der Waals surface area contributed by atoms with E-state index in [1.807, 2.05) is 39.5 Å². The molecule has 0 spiro atoms. The van der Waals surface area contributed by atoms with Gasteiger partial charge in [0.15, 0.2) is 5.78 Å². The Morgan fingerprint density at radius 3 is 2.59 bits per heavy atom. The van der Waals surface area contributed by atoms with Gasteiger partial charge >= 0.3 is 0 Å². The summed E-state index contributed by atoms with van der Waals surface area (Å²) >= 11 is 0. The summed E-state index contributed by atoms with van der Waals surface area (Å²) < 4.78 is 11.6. The summed E-state index contributed by atoms with van der Waals surface area (Å²) in [6.45, 7) is 11.0. The molecule has 0 radical (unpaired) electrons. The van der Waals surface area contributed by atoms with Crippen molar-refractivity contribution in [2.75, 3.05) is 13.1 Å². The molecule has 1 N–H and O–H groups in total. The molecule has 5 nitrogen and oxygen atoms in total. The van der Waals surface area contributed by atoms with Gasteiger partial charge in [-0.05, 0) is 46.2 Å². The van der Waals surface area contributed by atoms with Gasteiger partial charge in [0.2, 0.25) is 0 Å². The number of Topliss-reactive ketones (excluding diaryl/α,β-unsaturated/α-hetero) is 1. The number of carbonyl (C=O) groups is 1. The topological polar surface area (TPSA) is 62.6 Å². The number of hydrogen-bond donors (Lipinski definition) is 1. The van der Waals surface area contributed by atoms with Crippen LogP contribution in [-0.2, 0) is 0 Å². The lowest BCUT2D eigenvalue weighted by atomic mass is 9.92. The standard InChI is InChI=1S/C17H24N2O3/c1-6-19(7-2)16(18)21-14-9-15-12(8-11(14)3)13(20)10-17(4,5)22-15/h8-9,18H,6-7,10H2,1-5H3. The maximum atomic E-state index is 12.2. The Labute approximate surface area is 131 Å². The van der Waals surface area contributed by atoms with Crippen molar-refractivity contribution >= 4 is 11.8 Å². The Balaban J connectivity index is 2.32. The molecule has 0 fully saturated rings. The molecule has 1 heterocycles. The molecule has 0 amide bonds. The monoisotopic (exact) mass is 304 g/mol. The van der Waals surface area contributed by atoms with Gasteiger partial charge in [-0.2, -0.15) is 0 Å². The fourth-order valence-electron chi connectivity index (χ4n) is 2.58. The van der Waals surface area contributed by atoms with Crippen molar-refractivity contribution in [1.82, 2.24) is 4.90 Å². The first kappa shape index (κ1) is 16.3. The first-order chi connectivity index (χ1) is 10.3. The van der Waals surface area contributed by atoms with Gasteiger partial charge in [-0.15, -0.1) is 0 Å². The van der Waals surface area contributed by atoms with E-state index in [0.29, 0.717) is 36.6 Å². The van der Waals surface area contributed by atoms with Crippen LogP contribution in [0.2, 0.25) is 0 Å². The van der Waals surface area contributed by atoms with E-state index < -0.39 is 5.60 Å². The fraction of sp³-hybridized carbons (Fsp3) is 0.529. The number of amidine groups is 1. The first-order valence-electron chi connectivity index (χ1n) is 7.65. The molecule has 1 aliphatic heterocycles. The number of benzene rings is 1. The molecular weight excluding hydrogens is 280 g/mol. The zero-order chi connectivity index (χ0) is 16.5. The van der Waals surface area contributed by atoms with Crippen molar-refractivity contribution in [3.05, 3.63) is 23.3 Å². The quantitative estimate of drug-likeness (QED) is 0.687. The summed E-state index contributed by atoms with van der Waals surface area (Å²) in [6, 6.07) is 3.62. The number of ether oxygens (including phenoxy) is 2. The van der Waals surface area contributed by atoms with Crippen molar-refractivity contribution in [1.29, 1.82) is 5.41 Å². The number of nitrogens with zero attached hydrogens (tertiary/aromatic N) is 1. The van der Waals surface area contributed by atoms with E-state index in [0.717, 1.165) is 5.56 Å². The van der Waals surface area contributed by atoms with Crippen LogP contribution in [0.25, 0.3) is 0 Å². The summed E-state index contributed by atoms with van der Waals surface area (Å²) in [7, 11) is 0. The predicted octanol–water partition coefficient (Wildman–Crippen LogP) is 3.39. The maximum absolute atomic E-state index is 12.2. The number of hydrogen-bond acceptors (Lipinski definition) is 4. The predicted molar refractivity (Wildman–Crippen MR) is 86.1 cm³/mol. The average Bonchev–Trinajstić information content (AvgIpc) is 2.41. The lowest BCUT2D eigenvalue weighted by Crippen LogP contribution is -2.36. The van der Waals surface area contributed by atoms with Gasteiger partial charge in [-0.25, -0.2) is 0 Å². The van der Waals surface area contributed by atoms with Gasteiger partial charge in [-0.1, -0.05) is 0 Å². The molecule has 0 aliphatic carbocycles. The molecule has 0 saturated heterocycles. The van der Waals surface area contributed by atoms with Gasteiger partial charge in [0.25, 0.3) is 6.02 Å². The number of fused-ring (bicyclic) bond motifs is 1. The minimum atomic E-state index is -0.511. The maximum Gasteiger partial charge on any atom is 0.289 e. The second-order valence-corrected chi connectivity index (χ2v) is 6.16. The summed E-state index contributed by atoms with van der Waals surface area (Å²) in [5, 5.41) is 8.03. The fourth-order valence-corrected chi connectivity index (χ4v) is 2.58. The van der Waals surface area contributed by atoms with Gasteiger partial charge in [-0.3, -0.25) is 10.2 Å². The average molecular weight is 304 g/mol. The zero-order valence-electron chi connectivity index (χ0n) is 13.9. The molecule has 5 heteroatoms. The van der Waals surface area contributed by atoms with Crippen LogP contribution in [0.4, 0.5) is 0 Å². The molecule has 0 aromatic heterocycles. The van der Waals surface area contributed by atoms with E-state index >= 15 is 0 Å². The molecule has 0 saturated carbocycles. The van der Waals surface area contributed by atoms with Crippen LogP contribution in [0, 0.1) is 12.3 Å². The highest BCUT2D eigenvalue weighted by Crippen LogP contribution is 2.37. The van der Waals surface area contributed by atoms with E-state index in [9.17, 15) is 4.79 Å². The number of carbonyl (C=O) groups excluding carboxylic acids is 1. The molecule has 2 rings (SSSR count). The molecule has 22 heavy (non-hydrogen) atoms. The molecule has 1 aliphatic rings. The third-order valence-electron chi connectivity index (χ3n) is 3.81.